The molecule has 0 aromatic heterocycles. The van der Waals surface area contributed by atoms with Gasteiger partial charge in [-0.3, -0.25) is 10.1 Å². The third-order valence-corrected chi connectivity index (χ3v) is 4.61. The molecule has 3 rings (SSSR count). The maximum Gasteiger partial charge on any atom is 0.346 e. The number of nitro benzene ring substituents is 1. The van der Waals surface area contributed by atoms with E-state index in [1.165, 1.54) is 12.1 Å². The molecule has 1 heterocycles. The minimum absolute atomic E-state index is 0.0942. The van der Waals surface area contributed by atoms with Crippen molar-refractivity contribution in [2.45, 2.75) is 18.4 Å². The summed E-state index contributed by atoms with van der Waals surface area (Å²) in [7, 11) is 0. The molecule has 0 amide bonds. The number of rotatable bonds is 4. The van der Waals surface area contributed by atoms with Gasteiger partial charge >= 0.3 is 5.97 Å². The van der Waals surface area contributed by atoms with Crippen molar-refractivity contribution in [3.63, 3.8) is 0 Å². The predicted molar refractivity (Wildman–Crippen MR) is 93.7 cm³/mol. The van der Waals surface area contributed by atoms with Gasteiger partial charge in [0.2, 0.25) is 0 Å². The van der Waals surface area contributed by atoms with Crippen molar-refractivity contribution in [2.24, 2.45) is 0 Å². The Kier molecular flexibility index (Phi) is 5.01. The molecule has 0 unspecified atom stereocenters. The lowest BCUT2D eigenvalue weighted by Crippen LogP contribution is -2.43. The Hall–Kier alpha value is -2.44. The molecule has 0 saturated carbocycles. The second-order valence-corrected chi connectivity index (χ2v) is 6.35. The quantitative estimate of drug-likeness (QED) is 0.511. The lowest BCUT2D eigenvalue weighted by Gasteiger charge is -2.37. The zero-order valence-corrected chi connectivity index (χ0v) is 14.2. The molecule has 0 spiro atoms. The van der Waals surface area contributed by atoms with Gasteiger partial charge in [-0.2, -0.15) is 0 Å². The number of ether oxygens (including phenoxy) is 1. The number of halogens is 1. The zero-order chi connectivity index (χ0) is 17.9. The topological polar surface area (TPSA) is 81.5 Å². The van der Waals surface area contributed by atoms with Crippen LogP contribution in [0.15, 0.2) is 48.5 Å². The SMILES string of the molecule is O=C(OC1(c2ccccc2)CCNCC1)c1ccc(Cl)cc1[N+](=O)[O-]. The molecule has 130 valence electrons. The molecule has 1 saturated heterocycles. The lowest BCUT2D eigenvalue weighted by molar-refractivity contribution is -0.385. The molecule has 1 fully saturated rings. The van der Waals surface area contributed by atoms with Gasteiger partial charge in [0.25, 0.3) is 5.69 Å². The molecule has 2 aromatic carbocycles. The van der Waals surface area contributed by atoms with E-state index in [1.54, 1.807) is 0 Å². The molecule has 0 radical (unpaired) electrons. The Morgan fingerprint density at radius 3 is 2.48 bits per heavy atom. The summed E-state index contributed by atoms with van der Waals surface area (Å²) in [5.41, 5.74) is -0.351. The summed E-state index contributed by atoms with van der Waals surface area (Å²) in [6.45, 7) is 1.40. The number of esters is 1. The fraction of sp³-hybridized carbons (Fsp3) is 0.278. The summed E-state index contributed by atoms with van der Waals surface area (Å²) in [6.07, 6.45) is 1.20. The Labute approximate surface area is 149 Å². The van der Waals surface area contributed by atoms with Gasteiger partial charge in [0.1, 0.15) is 11.2 Å². The first-order valence-corrected chi connectivity index (χ1v) is 8.33. The van der Waals surface area contributed by atoms with Gasteiger partial charge in [-0.25, -0.2) is 4.79 Å². The normalized spacial score (nSPS) is 16.2. The minimum Gasteiger partial charge on any atom is -0.450 e. The summed E-state index contributed by atoms with van der Waals surface area (Å²) < 4.78 is 5.86. The van der Waals surface area contributed by atoms with Gasteiger partial charge < -0.3 is 10.1 Å². The molecular weight excluding hydrogens is 344 g/mol. The van der Waals surface area contributed by atoms with Crippen molar-refractivity contribution in [1.82, 2.24) is 5.32 Å². The summed E-state index contributed by atoms with van der Waals surface area (Å²) in [6, 6.07) is 13.4. The van der Waals surface area contributed by atoms with Crippen molar-refractivity contribution in [1.29, 1.82) is 0 Å². The van der Waals surface area contributed by atoms with E-state index in [0.717, 1.165) is 11.6 Å². The smallest absolute Gasteiger partial charge is 0.346 e. The fourth-order valence-corrected chi connectivity index (χ4v) is 3.25. The van der Waals surface area contributed by atoms with Gasteiger partial charge in [0.05, 0.1) is 4.92 Å². The van der Waals surface area contributed by atoms with Crippen molar-refractivity contribution in [3.8, 4) is 0 Å². The Morgan fingerprint density at radius 2 is 1.84 bits per heavy atom. The Balaban J connectivity index is 1.96. The minimum atomic E-state index is -0.795. The first-order chi connectivity index (χ1) is 12.0. The summed E-state index contributed by atoms with van der Waals surface area (Å²) >= 11 is 5.82. The maximum atomic E-state index is 12.7. The molecule has 0 aliphatic carbocycles. The van der Waals surface area contributed by atoms with Crippen LogP contribution in [0.5, 0.6) is 0 Å². The van der Waals surface area contributed by atoms with Crippen molar-refractivity contribution in [3.05, 3.63) is 74.8 Å². The van der Waals surface area contributed by atoms with E-state index in [4.69, 9.17) is 16.3 Å². The van der Waals surface area contributed by atoms with Crippen molar-refractivity contribution >= 4 is 23.3 Å². The van der Waals surface area contributed by atoms with Gasteiger partial charge in [-0.1, -0.05) is 41.9 Å². The second kappa shape index (κ2) is 7.21. The number of piperidine rings is 1. The zero-order valence-electron chi connectivity index (χ0n) is 13.4. The van der Waals surface area contributed by atoms with Gasteiger partial charge in [0, 0.05) is 23.9 Å². The van der Waals surface area contributed by atoms with Crippen LogP contribution in [0.1, 0.15) is 28.8 Å². The highest BCUT2D eigenvalue weighted by Crippen LogP contribution is 2.36. The van der Waals surface area contributed by atoms with Crippen LogP contribution in [0.4, 0.5) is 5.69 Å². The maximum absolute atomic E-state index is 12.7. The van der Waals surface area contributed by atoms with Crippen LogP contribution in [0.2, 0.25) is 5.02 Å². The fourth-order valence-electron chi connectivity index (χ4n) is 3.08. The van der Waals surface area contributed by atoms with E-state index in [9.17, 15) is 14.9 Å². The Morgan fingerprint density at radius 1 is 1.16 bits per heavy atom. The van der Waals surface area contributed by atoms with Crippen LogP contribution in [-0.4, -0.2) is 24.0 Å². The Bertz CT molecular complexity index is 789. The van der Waals surface area contributed by atoms with Crippen LogP contribution >= 0.6 is 11.6 Å². The van der Waals surface area contributed by atoms with Crippen LogP contribution in [0, 0.1) is 10.1 Å². The number of carbonyl (C=O) groups excluding carboxylic acids is 1. The first-order valence-electron chi connectivity index (χ1n) is 7.95. The van der Waals surface area contributed by atoms with E-state index in [2.05, 4.69) is 5.32 Å². The van der Waals surface area contributed by atoms with E-state index < -0.39 is 16.5 Å². The monoisotopic (exact) mass is 360 g/mol. The average Bonchev–Trinajstić information content (AvgIpc) is 2.63. The molecular formula is C18H17ClN2O4. The number of nitrogens with one attached hydrogen (secondary N) is 1. The number of nitrogens with zero attached hydrogens (tertiary/aromatic N) is 1. The van der Waals surface area contributed by atoms with E-state index in [-0.39, 0.29) is 16.3 Å². The van der Waals surface area contributed by atoms with Crippen LogP contribution in [-0.2, 0) is 10.3 Å². The number of hydrogen-bond donors (Lipinski definition) is 1. The first kappa shape index (κ1) is 17.4. The molecule has 7 heteroatoms. The third-order valence-electron chi connectivity index (χ3n) is 4.38. The van der Waals surface area contributed by atoms with Crippen LogP contribution in [0.25, 0.3) is 0 Å². The van der Waals surface area contributed by atoms with E-state index in [0.29, 0.717) is 25.9 Å². The standard InChI is InChI=1S/C18H17ClN2O4/c19-14-6-7-15(16(12-14)21(23)24)17(22)25-18(8-10-20-11-9-18)13-4-2-1-3-5-13/h1-7,12,20H,8-11H2. The summed E-state index contributed by atoms with van der Waals surface area (Å²) in [5, 5.41) is 14.7. The van der Waals surface area contributed by atoms with Crippen molar-refractivity contribution < 1.29 is 14.5 Å². The van der Waals surface area contributed by atoms with Gasteiger partial charge in [0.15, 0.2) is 0 Å². The average molecular weight is 361 g/mol. The molecule has 2 aromatic rings. The van der Waals surface area contributed by atoms with Gasteiger partial charge in [-0.15, -0.1) is 0 Å². The lowest BCUT2D eigenvalue weighted by atomic mass is 9.84. The van der Waals surface area contributed by atoms with Crippen LogP contribution in [0.3, 0.4) is 0 Å². The molecule has 1 aliphatic heterocycles. The van der Waals surface area contributed by atoms with E-state index in [1.807, 2.05) is 30.3 Å². The van der Waals surface area contributed by atoms with Crippen LogP contribution < -0.4 is 5.32 Å². The third kappa shape index (κ3) is 3.65. The number of carbonyl (C=O) groups is 1. The highest BCUT2D eigenvalue weighted by atomic mass is 35.5. The molecule has 25 heavy (non-hydrogen) atoms. The predicted octanol–water partition coefficient (Wildman–Crippen LogP) is 3.68. The molecule has 1 aliphatic rings. The molecule has 0 atom stereocenters. The molecule has 1 N–H and O–H groups in total. The highest BCUT2D eigenvalue weighted by Gasteiger charge is 2.39. The summed E-state index contributed by atoms with van der Waals surface area (Å²) in [5.74, 6) is -0.714. The van der Waals surface area contributed by atoms with Gasteiger partial charge in [-0.05, 0) is 30.8 Å². The number of hydrogen-bond acceptors (Lipinski definition) is 5. The van der Waals surface area contributed by atoms with Crippen molar-refractivity contribution in [2.75, 3.05) is 13.1 Å². The second-order valence-electron chi connectivity index (χ2n) is 5.92. The number of benzene rings is 2. The highest BCUT2D eigenvalue weighted by molar-refractivity contribution is 6.31. The summed E-state index contributed by atoms with van der Waals surface area (Å²) in [4.78, 5) is 23.4. The van der Waals surface area contributed by atoms with E-state index >= 15 is 0 Å². The molecule has 0 bridgehead atoms. The molecule has 6 nitrogen and oxygen atoms in total. The number of nitro groups is 1. The largest absolute Gasteiger partial charge is 0.450 e.